The maximum Gasteiger partial charge on any atom is 0.145 e. The average molecular weight is 309 g/mol. The predicted octanol–water partition coefficient (Wildman–Crippen LogP) is 4.26. The zero-order valence-electron chi connectivity index (χ0n) is 8.52. The summed E-state index contributed by atoms with van der Waals surface area (Å²) in [6.45, 7) is 0. The Labute approximate surface area is 109 Å². The Kier molecular flexibility index (Phi) is 2.64. The quantitative estimate of drug-likeness (QED) is 0.671. The van der Waals surface area contributed by atoms with Gasteiger partial charge in [-0.2, -0.15) is 4.37 Å². The molecule has 0 atom stereocenters. The van der Waals surface area contributed by atoms with Gasteiger partial charge < -0.3 is 0 Å². The molecule has 1 aromatic carbocycles. The molecule has 2 heterocycles. The summed E-state index contributed by atoms with van der Waals surface area (Å²) in [5, 5.41) is 1.00. The molecule has 2 aromatic heterocycles. The molecule has 3 aromatic rings. The molecular weight excluding hydrogens is 303 g/mol. The molecule has 84 valence electrons. The lowest BCUT2D eigenvalue weighted by Crippen LogP contribution is -1.83. The number of benzene rings is 1. The van der Waals surface area contributed by atoms with Gasteiger partial charge in [-0.1, -0.05) is 0 Å². The summed E-state index contributed by atoms with van der Waals surface area (Å²) < 4.78 is 17.8. The second kappa shape index (κ2) is 4.16. The van der Waals surface area contributed by atoms with Crippen LogP contribution >= 0.6 is 27.5 Å². The Bertz CT molecular complexity index is 679. The molecule has 0 aliphatic heterocycles. The number of pyridine rings is 1. The molecule has 0 aliphatic rings. The first-order chi connectivity index (χ1) is 8.24. The third kappa shape index (κ3) is 1.96. The van der Waals surface area contributed by atoms with Crippen LogP contribution < -0.4 is 0 Å². The van der Waals surface area contributed by atoms with Gasteiger partial charge in [0, 0.05) is 10.9 Å². The number of rotatable bonds is 1. The molecule has 0 aliphatic carbocycles. The van der Waals surface area contributed by atoms with Crippen LogP contribution in [0, 0.1) is 5.82 Å². The van der Waals surface area contributed by atoms with Crippen molar-refractivity contribution in [2.24, 2.45) is 0 Å². The van der Waals surface area contributed by atoms with E-state index in [1.54, 1.807) is 12.1 Å². The summed E-state index contributed by atoms with van der Waals surface area (Å²) in [5.74, 6) is -0.240. The van der Waals surface area contributed by atoms with Crippen LogP contribution in [0.3, 0.4) is 0 Å². The van der Waals surface area contributed by atoms with Crippen LogP contribution in [-0.4, -0.2) is 9.36 Å². The molecule has 3 rings (SSSR count). The molecule has 5 heteroatoms. The highest BCUT2D eigenvalue weighted by molar-refractivity contribution is 9.10. The molecule has 0 spiro atoms. The van der Waals surface area contributed by atoms with E-state index in [1.807, 2.05) is 12.1 Å². The minimum atomic E-state index is -0.240. The van der Waals surface area contributed by atoms with Crippen LogP contribution in [0.25, 0.3) is 21.5 Å². The van der Waals surface area contributed by atoms with Crippen molar-refractivity contribution in [1.29, 1.82) is 0 Å². The van der Waals surface area contributed by atoms with E-state index in [1.165, 1.54) is 23.7 Å². The molecule has 0 bridgehead atoms. The fourth-order valence-electron chi connectivity index (χ4n) is 1.58. The summed E-state index contributed by atoms with van der Waals surface area (Å²) >= 11 is 4.71. The lowest BCUT2D eigenvalue weighted by Gasteiger charge is -2.00. The van der Waals surface area contributed by atoms with Crippen LogP contribution in [0.4, 0.5) is 4.39 Å². The highest BCUT2D eigenvalue weighted by atomic mass is 79.9. The van der Waals surface area contributed by atoms with Gasteiger partial charge in [-0.25, -0.2) is 9.37 Å². The molecule has 0 radical (unpaired) electrons. The van der Waals surface area contributed by atoms with Crippen molar-refractivity contribution in [1.82, 2.24) is 9.36 Å². The maximum absolute atomic E-state index is 12.8. The van der Waals surface area contributed by atoms with E-state index in [9.17, 15) is 4.39 Å². The van der Waals surface area contributed by atoms with Crippen LogP contribution in [0.2, 0.25) is 0 Å². The number of halogens is 2. The molecule has 0 saturated heterocycles. The molecule has 0 saturated carbocycles. The van der Waals surface area contributed by atoms with Gasteiger partial charge in [-0.3, -0.25) is 0 Å². The minimum absolute atomic E-state index is 0.240. The number of fused-ring (bicyclic) bond motifs is 1. The van der Waals surface area contributed by atoms with Crippen molar-refractivity contribution in [3.8, 4) is 11.3 Å². The standard InChI is InChI=1S/C12H6BrFN2S/c13-11-9-5-6-10(15-12(9)17-16-11)7-1-3-8(14)4-2-7/h1-6H. The monoisotopic (exact) mass is 308 g/mol. The van der Waals surface area contributed by atoms with E-state index in [0.29, 0.717) is 0 Å². The van der Waals surface area contributed by atoms with Gasteiger partial charge in [0.25, 0.3) is 0 Å². The first-order valence-corrected chi connectivity index (χ1v) is 6.48. The van der Waals surface area contributed by atoms with E-state index in [2.05, 4.69) is 25.3 Å². The van der Waals surface area contributed by atoms with E-state index >= 15 is 0 Å². The summed E-state index contributed by atoms with van der Waals surface area (Å²) in [6, 6.07) is 10.2. The average Bonchev–Trinajstić information content (AvgIpc) is 2.72. The maximum atomic E-state index is 12.8. The Morgan fingerprint density at radius 3 is 2.59 bits per heavy atom. The number of nitrogens with zero attached hydrogens (tertiary/aromatic N) is 2. The first-order valence-electron chi connectivity index (χ1n) is 4.92. The SMILES string of the molecule is Fc1ccc(-c2ccc3c(Br)nsc3n2)cc1. The number of aromatic nitrogens is 2. The number of hydrogen-bond acceptors (Lipinski definition) is 3. The van der Waals surface area contributed by atoms with Crippen molar-refractivity contribution in [2.75, 3.05) is 0 Å². The van der Waals surface area contributed by atoms with E-state index < -0.39 is 0 Å². The molecule has 0 N–H and O–H groups in total. The van der Waals surface area contributed by atoms with Crippen molar-refractivity contribution in [3.63, 3.8) is 0 Å². The van der Waals surface area contributed by atoms with Gasteiger partial charge in [0.1, 0.15) is 15.3 Å². The van der Waals surface area contributed by atoms with Gasteiger partial charge >= 0.3 is 0 Å². The second-order valence-corrected chi connectivity index (χ2v) is 5.03. The van der Waals surface area contributed by atoms with Crippen LogP contribution in [0.5, 0.6) is 0 Å². The van der Waals surface area contributed by atoms with E-state index in [4.69, 9.17) is 0 Å². The zero-order valence-corrected chi connectivity index (χ0v) is 10.9. The summed E-state index contributed by atoms with van der Waals surface area (Å²) in [5.41, 5.74) is 1.73. The fraction of sp³-hybridized carbons (Fsp3) is 0. The molecule has 2 nitrogen and oxygen atoms in total. The van der Waals surface area contributed by atoms with Crippen molar-refractivity contribution in [3.05, 3.63) is 46.8 Å². The Morgan fingerprint density at radius 1 is 1.06 bits per heavy atom. The predicted molar refractivity (Wildman–Crippen MR) is 70.5 cm³/mol. The molecule has 17 heavy (non-hydrogen) atoms. The van der Waals surface area contributed by atoms with Gasteiger partial charge in [0.15, 0.2) is 0 Å². The Hall–Kier alpha value is -1.33. The normalized spacial score (nSPS) is 10.9. The fourth-order valence-corrected chi connectivity index (χ4v) is 2.92. The van der Waals surface area contributed by atoms with Gasteiger partial charge in [-0.05, 0) is 63.9 Å². The highest BCUT2D eigenvalue weighted by Crippen LogP contribution is 2.28. The van der Waals surface area contributed by atoms with Gasteiger partial charge in [0.05, 0.1) is 5.69 Å². The second-order valence-electron chi connectivity index (χ2n) is 3.53. The van der Waals surface area contributed by atoms with Crippen molar-refractivity contribution >= 4 is 37.7 Å². The van der Waals surface area contributed by atoms with Gasteiger partial charge in [-0.15, -0.1) is 0 Å². The van der Waals surface area contributed by atoms with E-state index in [0.717, 1.165) is 26.1 Å². The largest absolute Gasteiger partial charge is 0.235 e. The summed E-state index contributed by atoms with van der Waals surface area (Å²) in [7, 11) is 0. The highest BCUT2D eigenvalue weighted by Gasteiger charge is 2.06. The summed E-state index contributed by atoms with van der Waals surface area (Å²) in [4.78, 5) is 5.37. The van der Waals surface area contributed by atoms with Crippen LogP contribution in [0.15, 0.2) is 41.0 Å². The van der Waals surface area contributed by atoms with Crippen molar-refractivity contribution in [2.45, 2.75) is 0 Å². The van der Waals surface area contributed by atoms with E-state index in [-0.39, 0.29) is 5.82 Å². The lowest BCUT2D eigenvalue weighted by molar-refractivity contribution is 0.628. The third-order valence-corrected chi connectivity index (χ3v) is 4.03. The Morgan fingerprint density at radius 2 is 1.82 bits per heavy atom. The zero-order chi connectivity index (χ0) is 11.8. The lowest BCUT2D eigenvalue weighted by atomic mass is 10.1. The molecule has 0 unspecified atom stereocenters. The van der Waals surface area contributed by atoms with Gasteiger partial charge in [0.2, 0.25) is 0 Å². The first kappa shape index (κ1) is 10.8. The third-order valence-electron chi connectivity index (χ3n) is 2.43. The minimum Gasteiger partial charge on any atom is -0.235 e. The van der Waals surface area contributed by atoms with Crippen LogP contribution in [0.1, 0.15) is 0 Å². The topological polar surface area (TPSA) is 25.8 Å². The molecule has 0 amide bonds. The molecule has 0 fully saturated rings. The summed E-state index contributed by atoms with van der Waals surface area (Å²) in [6.07, 6.45) is 0. The molecular formula is C12H6BrFN2S. The van der Waals surface area contributed by atoms with Crippen LogP contribution in [-0.2, 0) is 0 Å². The van der Waals surface area contributed by atoms with Crippen molar-refractivity contribution < 1.29 is 4.39 Å². The smallest absolute Gasteiger partial charge is 0.145 e. The Balaban J connectivity index is 2.14. The number of hydrogen-bond donors (Lipinski definition) is 0.